The summed E-state index contributed by atoms with van der Waals surface area (Å²) in [5.41, 5.74) is 1.14. The van der Waals surface area contributed by atoms with Crippen molar-refractivity contribution in [3.63, 3.8) is 0 Å². The van der Waals surface area contributed by atoms with E-state index in [0.717, 1.165) is 43.5 Å². The molecule has 15 heteroatoms. The summed E-state index contributed by atoms with van der Waals surface area (Å²) < 4.78 is 32.0. The Morgan fingerprint density at radius 3 is 2.65 bits per heavy atom. The molecule has 3 heterocycles. The monoisotopic (exact) mass is 687 g/mol. The third-order valence-electron chi connectivity index (χ3n) is 7.67. The van der Waals surface area contributed by atoms with Gasteiger partial charge in [-0.25, -0.2) is 14.4 Å². The Morgan fingerprint density at radius 1 is 1.02 bits per heavy atom. The molecule has 0 unspecified atom stereocenters. The number of nitrogens with zero attached hydrogens (tertiary/aromatic N) is 5. The van der Waals surface area contributed by atoms with Gasteiger partial charge in [0.2, 0.25) is 0 Å². The highest BCUT2D eigenvalue weighted by atomic mass is 35.5. The van der Waals surface area contributed by atoms with Crippen LogP contribution in [-0.2, 0) is 11.3 Å². The Balaban J connectivity index is 1.25. The number of nitro groups is 1. The van der Waals surface area contributed by atoms with Gasteiger partial charge in [0, 0.05) is 55.1 Å². The fourth-order valence-corrected chi connectivity index (χ4v) is 5.39. The van der Waals surface area contributed by atoms with Crippen LogP contribution < -0.4 is 20.1 Å². The first kappa shape index (κ1) is 33.5. The van der Waals surface area contributed by atoms with Gasteiger partial charge in [0.1, 0.15) is 36.1 Å². The van der Waals surface area contributed by atoms with Crippen molar-refractivity contribution in [3.05, 3.63) is 111 Å². The quantitative estimate of drug-likeness (QED) is 0.0803. The molecule has 5 aromatic rings. The normalized spacial score (nSPS) is 13.2. The van der Waals surface area contributed by atoms with Crippen molar-refractivity contribution in [2.24, 2.45) is 0 Å². The number of nitro benzene ring substituents is 1. The molecular weight excluding hydrogens is 657 g/mol. The van der Waals surface area contributed by atoms with Crippen LogP contribution in [0.25, 0.3) is 10.9 Å². The number of benzene rings is 3. The molecule has 1 aliphatic rings. The van der Waals surface area contributed by atoms with Crippen molar-refractivity contribution in [1.82, 2.24) is 19.9 Å². The molecule has 1 fully saturated rings. The number of rotatable bonds is 13. The number of morpholine rings is 1. The van der Waals surface area contributed by atoms with Crippen molar-refractivity contribution < 1.29 is 28.3 Å². The first-order valence-electron chi connectivity index (χ1n) is 15.4. The first-order chi connectivity index (χ1) is 23.8. The highest BCUT2D eigenvalue weighted by molar-refractivity contribution is 6.32. The average molecular weight is 688 g/mol. The van der Waals surface area contributed by atoms with Crippen molar-refractivity contribution in [2.75, 3.05) is 50.1 Å². The van der Waals surface area contributed by atoms with Gasteiger partial charge < -0.3 is 24.8 Å². The van der Waals surface area contributed by atoms with Crippen molar-refractivity contribution in [3.8, 4) is 11.5 Å². The molecule has 0 aliphatic carbocycles. The molecule has 0 radical (unpaired) electrons. The Labute approximate surface area is 285 Å². The molecule has 0 spiro atoms. The lowest BCUT2D eigenvalue weighted by molar-refractivity contribution is -0.384. The Kier molecular flexibility index (Phi) is 10.7. The van der Waals surface area contributed by atoms with Gasteiger partial charge in [-0.15, -0.1) is 0 Å². The van der Waals surface area contributed by atoms with Crippen LogP contribution in [0, 0.1) is 15.9 Å². The minimum atomic E-state index is -0.910. The molecule has 0 atom stereocenters. The molecule has 49 heavy (non-hydrogen) atoms. The van der Waals surface area contributed by atoms with Crippen LogP contribution in [0.5, 0.6) is 11.5 Å². The highest BCUT2D eigenvalue weighted by Gasteiger charge is 2.20. The summed E-state index contributed by atoms with van der Waals surface area (Å²) in [6.07, 6.45) is 3.77. The number of fused-ring (bicyclic) bond motifs is 1. The second-order valence-corrected chi connectivity index (χ2v) is 11.4. The van der Waals surface area contributed by atoms with E-state index in [1.165, 1.54) is 6.33 Å². The second kappa shape index (κ2) is 15.6. The number of ether oxygens (including phenoxy) is 3. The fraction of sp³-hybridized carbons (Fsp3) is 0.235. The third-order valence-corrected chi connectivity index (χ3v) is 7.96. The van der Waals surface area contributed by atoms with E-state index in [9.17, 15) is 19.3 Å². The number of anilines is 3. The largest absolute Gasteiger partial charge is 0.491 e. The molecule has 0 saturated carbocycles. The number of carbonyl (C=O) groups is 1. The molecule has 2 aromatic heterocycles. The van der Waals surface area contributed by atoms with E-state index in [-0.39, 0.29) is 18.0 Å². The maximum atomic E-state index is 14.7. The van der Waals surface area contributed by atoms with Gasteiger partial charge in [-0.1, -0.05) is 17.7 Å². The van der Waals surface area contributed by atoms with Crippen LogP contribution >= 0.6 is 11.6 Å². The van der Waals surface area contributed by atoms with E-state index in [0.29, 0.717) is 59.4 Å². The summed E-state index contributed by atoms with van der Waals surface area (Å²) in [6, 6.07) is 16.7. The Bertz CT molecular complexity index is 1960. The first-order valence-corrected chi connectivity index (χ1v) is 15.8. The number of pyridine rings is 1. The highest BCUT2D eigenvalue weighted by Crippen LogP contribution is 2.35. The number of amides is 1. The number of carbonyl (C=O) groups excluding carboxylic acids is 1. The number of non-ortho nitro benzene ring substituents is 1. The van der Waals surface area contributed by atoms with Crippen LogP contribution in [0.4, 0.5) is 27.3 Å². The average Bonchev–Trinajstić information content (AvgIpc) is 3.11. The lowest BCUT2D eigenvalue weighted by atomic mass is 10.1. The summed E-state index contributed by atoms with van der Waals surface area (Å²) in [4.78, 5) is 39.2. The van der Waals surface area contributed by atoms with Crippen LogP contribution in [0.15, 0.2) is 79.3 Å². The van der Waals surface area contributed by atoms with Gasteiger partial charge >= 0.3 is 0 Å². The van der Waals surface area contributed by atoms with Gasteiger partial charge in [0.05, 0.1) is 52.2 Å². The predicted molar refractivity (Wildman–Crippen MR) is 181 cm³/mol. The second-order valence-electron chi connectivity index (χ2n) is 11.0. The number of nitrogens with one attached hydrogen (secondary N) is 2. The number of aromatic nitrogens is 3. The molecule has 1 amide bonds. The lowest BCUT2D eigenvalue weighted by Gasteiger charge is -2.26. The maximum absolute atomic E-state index is 14.7. The molecule has 3 aromatic carbocycles. The number of halogens is 2. The van der Waals surface area contributed by atoms with E-state index in [1.807, 2.05) is 18.2 Å². The Morgan fingerprint density at radius 2 is 1.88 bits per heavy atom. The molecule has 6 rings (SSSR count). The SMILES string of the molecule is O=C(Nc1cc2c(Nc3ccc(OCc4ccccn4)c(Cl)c3)ncnc2cc1OCCCN1CCOCC1)c1cc([N+](=O)[O-])ccc1F. The molecule has 13 nitrogen and oxygen atoms in total. The topological polar surface area (TPSA) is 154 Å². The summed E-state index contributed by atoms with van der Waals surface area (Å²) in [5.74, 6) is -0.654. The summed E-state index contributed by atoms with van der Waals surface area (Å²) in [6.45, 7) is 4.40. The standard InChI is InChI=1S/C34H31ClFN7O6/c35-27-16-22(5-8-31(27)49-20-23-4-1-2-9-37-23)40-33-26-18-30(41-34(44)25-17-24(43(45)46)6-7-28(25)36)32(19-29(26)38-21-39-33)48-13-3-10-42-11-14-47-15-12-42/h1-2,4-9,16-19,21H,3,10-15,20H2,(H,41,44)(H,38,39,40). The molecular formula is C34H31ClFN7O6. The third kappa shape index (κ3) is 8.54. The molecule has 2 N–H and O–H groups in total. The van der Waals surface area contributed by atoms with E-state index in [2.05, 4.69) is 30.5 Å². The smallest absolute Gasteiger partial charge is 0.270 e. The van der Waals surface area contributed by atoms with Gasteiger partial charge in [0.25, 0.3) is 11.6 Å². The van der Waals surface area contributed by atoms with Crippen molar-refractivity contribution in [2.45, 2.75) is 13.0 Å². The maximum Gasteiger partial charge on any atom is 0.270 e. The van der Waals surface area contributed by atoms with Gasteiger partial charge in [-0.3, -0.25) is 24.8 Å². The van der Waals surface area contributed by atoms with Crippen LogP contribution in [0.3, 0.4) is 0 Å². The molecule has 0 bridgehead atoms. The summed E-state index contributed by atoms with van der Waals surface area (Å²) >= 11 is 6.53. The van der Waals surface area contributed by atoms with Crippen LogP contribution in [-0.4, -0.2) is 70.1 Å². The molecule has 1 aliphatic heterocycles. The van der Waals surface area contributed by atoms with Gasteiger partial charge in [0.15, 0.2) is 0 Å². The zero-order valence-corrected chi connectivity index (χ0v) is 26.9. The van der Waals surface area contributed by atoms with Crippen LogP contribution in [0.1, 0.15) is 22.5 Å². The van der Waals surface area contributed by atoms with Crippen LogP contribution in [0.2, 0.25) is 5.02 Å². The predicted octanol–water partition coefficient (Wildman–Crippen LogP) is 6.40. The van der Waals surface area contributed by atoms with E-state index >= 15 is 0 Å². The zero-order valence-electron chi connectivity index (χ0n) is 26.1. The minimum absolute atomic E-state index is 0.198. The summed E-state index contributed by atoms with van der Waals surface area (Å²) in [5, 5.41) is 18.1. The molecule has 1 saturated heterocycles. The molecule has 252 valence electrons. The van der Waals surface area contributed by atoms with E-state index in [1.54, 1.807) is 36.5 Å². The summed E-state index contributed by atoms with van der Waals surface area (Å²) in [7, 11) is 0. The zero-order chi connectivity index (χ0) is 34.2. The van der Waals surface area contributed by atoms with E-state index in [4.69, 9.17) is 25.8 Å². The lowest BCUT2D eigenvalue weighted by Crippen LogP contribution is -2.37. The van der Waals surface area contributed by atoms with Gasteiger partial charge in [-0.05, 0) is 48.9 Å². The number of hydrogen-bond donors (Lipinski definition) is 2. The number of hydrogen-bond acceptors (Lipinski definition) is 11. The van der Waals surface area contributed by atoms with Crippen molar-refractivity contribution >= 4 is 51.3 Å². The minimum Gasteiger partial charge on any atom is -0.491 e. The van der Waals surface area contributed by atoms with Gasteiger partial charge in [-0.2, -0.15) is 0 Å². The fourth-order valence-electron chi connectivity index (χ4n) is 5.15. The Hall–Kier alpha value is -5.44. The van der Waals surface area contributed by atoms with E-state index < -0.39 is 27.9 Å². The van der Waals surface area contributed by atoms with Crippen molar-refractivity contribution in [1.29, 1.82) is 0 Å².